The van der Waals surface area contributed by atoms with E-state index in [1.54, 1.807) is 13.1 Å². The number of ether oxygens (including phenoxy) is 1. The van der Waals surface area contributed by atoms with E-state index in [2.05, 4.69) is 24.1 Å². The summed E-state index contributed by atoms with van der Waals surface area (Å²) in [4.78, 5) is 15.2. The Morgan fingerprint density at radius 1 is 1.45 bits per heavy atom. The summed E-state index contributed by atoms with van der Waals surface area (Å²) in [5, 5.41) is 3.50. The van der Waals surface area contributed by atoms with Gasteiger partial charge < -0.3 is 14.8 Å². The first kappa shape index (κ1) is 15.0. The van der Waals surface area contributed by atoms with Crippen LogP contribution < -0.4 is 10.1 Å². The zero-order chi connectivity index (χ0) is 14.5. The molecule has 0 unspecified atom stereocenters. The number of nitrogens with one attached hydrogen (secondary N) is 1. The van der Waals surface area contributed by atoms with Crippen LogP contribution >= 0.6 is 0 Å². The fourth-order valence-electron chi connectivity index (χ4n) is 2.39. The van der Waals surface area contributed by atoms with E-state index in [9.17, 15) is 4.79 Å². The average molecular weight is 276 g/mol. The fourth-order valence-corrected chi connectivity index (χ4v) is 2.39. The predicted molar refractivity (Wildman–Crippen MR) is 78.9 cm³/mol. The molecule has 20 heavy (non-hydrogen) atoms. The number of carbonyl (C=O) groups excluding carboxylic acids is 1. The first-order valence-corrected chi connectivity index (χ1v) is 7.40. The normalized spacial score (nSPS) is 21.6. The molecule has 4 nitrogen and oxygen atoms in total. The van der Waals surface area contributed by atoms with Gasteiger partial charge in [0.2, 0.25) is 5.88 Å². The average Bonchev–Trinajstić information content (AvgIpc) is 2.34. The van der Waals surface area contributed by atoms with Gasteiger partial charge in [-0.1, -0.05) is 19.9 Å². The Bertz CT molecular complexity index is 436. The third kappa shape index (κ3) is 4.60. The Hall–Kier alpha value is -1.42. The number of hydrogen-bond acceptors (Lipinski definition) is 4. The van der Waals surface area contributed by atoms with E-state index in [-0.39, 0.29) is 11.9 Å². The van der Waals surface area contributed by atoms with Gasteiger partial charge in [0.25, 0.3) is 0 Å². The molecule has 1 heterocycles. The predicted octanol–water partition coefficient (Wildman–Crippen LogP) is 2.51. The number of hydrogen-bond donors (Lipinski definition) is 1. The number of ketones is 1. The molecule has 1 fully saturated rings. The van der Waals surface area contributed by atoms with Crippen LogP contribution in [0.15, 0.2) is 18.3 Å². The van der Waals surface area contributed by atoms with Gasteiger partial charge in [0.05, 0.1) is 0 Å². The van der Waals surface area contributed by atoms with Gasteiger partial charge in [0.1, 0.15) is 11.9 Å². The van der Waals surface area contributed by atoms with E-state index in [1.807, 2.05) is 12.1 Å². The lowest BCUT2D eigenvalue weighted by atomic mass is 9.89. The van der Waals surface area contributed by atoms with Crippen molar-refractivity contribution in [3.8, 4) is 5.88 Å². The van der Waals surface area contributed by atoms with Gasteiger partial charge in [-0.25, -0.2) is 4.98 Å². The number of carbonyl (C=O) groups is 1. The highest BCUT2D eigenvalue weighted by atomic mass is 16.5. The largest absolute Gasteiger partial charge is 0.474 e. The standard InChI is InChI=1S/C16H24N2O2/c1-11(2)18-14-8-15(9-14)20-16-7-6-13(10-17-16)5-4-12(3)19/h6-7,10-11,14-15,18H,4-5,8-9H2,1-3H3. The van der Waals surface area contributed by atoms with Gasteiger partial charge in [0.15, 0.2) is 0 Å². The van der Waals surface area contributed by atoms with Gasteiger partial charge >= 0.3 is 0 Å². The maximum atomic E-state index is 10.9. The maximum absolute atomic E-state index is 10.9. The number of aromatic nitrogens is 1. The lowest BCUT2D eigenvalue weighted by Crippen LogP contribution is -2.49. The quantitative estimate of drug-likeness (QED) is 0.831. The topological polar surface area (TPSA) is 51.2 Å². The first-order valence-electron chi connectivity index (χ1n) is 7.40. The van der Waals surface area contributed by atoms with Crippen molar-refractivity contribution in [2.24, 2.45) is 0 Å². The van der Waals surface area contributed by atoms with Gasteiger partial charge in [0, 0.05) is 30.8 Å². The lowest BCUT2D eigenvalue weighted by molar-refractivity contribution is -0.116. The van der Waals surface area contributed by atoms with E-state index in [0.717, 1.165) is 24.8 Å². The summed E-state index contributed by atoms with van der Waals surface area (Å²) >= 11 is 0. The van der Waals surface area contributed by atoms with Crippen molar-refractivity contribution >= 4 is 5.78 Å². The van der Waals surface area contributed by atoms with Crippen LogP contribution in [0, 0.1) is 0 Å². The number of rotatable bonds is 7. The van der Waals surface area contributed by atoms with Gasteiger partial charge in [-0.15, -0.1) is 0 Å². The van der Waals surface area contributed by atoms with E-state index in [4.69, 9.17) is 4.74 Å². The second kappa shape index (κ2) is 6.84. The SMILES string of the molecule is CC(=O)CCc1ccc(OC2CC(NC(C)C)C2)nc1. The Morgan fingerprint density at radius 3 is 2.75 bits per heavy atom. The zero-order valence-electron chi connectivity index (χ0n) is 12.6. The Balaban J connectivity index is 1.73. The molecule has 110 valence electrons. The molecule has 1 saturated carbocycles. The van der Waals surface area contributed by atoms with Crippen LogP contribution in [0.3, 0.4) is 0 Å². The molecule has 1 aliphatic rings. The highest BCUT2D eigenvalue weighted by molar-refractivity contribution is 5.75. The number of aryl methyl sites for hydroxylation is 1. The molecule has 1 N–H and O–H groups in total. The van der Waals surface area contributed by atoms with Crippen molar-refractivity contribution < 1.29 is 9.53 Å². The van der Waals surface area contributed by atoms with Crippen molar-refractivity contribution in [2.75, 3.05) is 0 Å². The van der Waals surface area contributed by atoms with E-state index >= 15 is 0 Å². The molecule has 1 aliphatic carbocycles. The highest BCUT2D eigenvalue weighted by Gasteiger charge is 2.31. The Kier molecular flexibility index (Phi) is 5.12. The summed E-state index contributed by atoms with van der Waals surface area (Å²) in [6.07, 6.45) is 5.51. The second-order valence-corrected chi connectivity index (χ2v) is 5.94. The van der Waals surface area contributed by atoms with Crippen LogP contribution in [0.4, 0.5) is 0 Å². The number of nitrogens with zero attached hydrogens (tertiary/aromatic N) is 1. The molecular weight excluding hydrogens is 252 g/mol. The van der Waals surface area contributed by atoms with Crippen molar-refractivity contribution in [1.82, 2.24) is 10.3 Å². The molecule has 1 aromatic heterocycles. The van der Waals surface area contributed by atoms with Crippen LogP contribution in [-0.2, 0) is 11.2 Å². The number of pyridine rings is 1. The van der Waals surface area contributed by atoms with Crippen LogP contribution in [0.2, 0.25) is 0 Å². The summed E-state index contributed by atoms with van der Waals surface area (Å²) in [6, 6.07) is 5.00. The second-order valence-electron chi connectivity index (χ2n) is 5.94. The third-order valence-electron chi connectivity index (χ3n) is 3.51. The Morgan fingerprint density at radius 2 is 2.20 bits per heavy atom. The molecule has 0 aliphatic heterocycles. The van der Waals surface area contributed by atoms with Gasteiger partial charge in [-0.3, -0.25) is 0 Å². The molecular formula is C16H24N2O2. The van der Waals surface area contributed by atoms with Gasteiger partial charge in [-0.05, 0) is 31.7 Å². The molecule has 2 rings (SSSR count). The minimum Gasteiger partial charge on any atom is -0.474 e. The summed E-state index contributed by atoms with van der Waals surface area (Å²) in [7, 11) is 0. The summed E-state index contributed by atoms with van der Waals surface area (Å²) in [6.45, 7) is 5.94. The fraction of sp³-hybridized carbons (Fsp3) is 0.625. The number of Topliss-reactive ketones (excluding diaryl/α,β-unsaturated/α-hetero) is 1. The Labute approximate surface area is 120 Å². The molecule has 1 aromatic rings. The molecule has 0 bridgehead atoms. The van der Waals surface area contributed by atoms with Crippen LogP contribution in [0.25, 0.3) is 0 Å². The first-order chi connectivity index (χ1) is 9.52. The summed E-state index contributed by atoms with van der Waals surface area (Å²) < 4.78 is 5.82. The molecule has 0 saturated heterocycles. The smallest absolute Gasteiger partial charge is 0.213 e. The monoisotopic (exact) mass is 276 g/mol. The van der Waals surface area contributed by atoms with Crippen LogP contribution in [-0.4, -0.2) is 29.0 Å². The van der Waals surface area contributed by atoms with E-state index in [0.29, 0.717) is 24.4 Å². The summed E-state index contributed by atoms with van der Waals surface area (Å²) in [5.74, 6) is 0.896. The lowest BCUT2D eigenvalue weighted by Gasteiger charge is -2.36. The molecule has 0 aromatic carbocycles. The molecule has 4 heteroatoms. The van der Waals surface area contributed by atoms with Crippen molar-refractivity contribution in [3.63, 3.8) is 0 Å². The van der Waals surface area contributed by atoms with Crippen molar-refractivity contribution in [2.45, 2.75) is 64.6 Å². The van der Waals surface area contributed by atoms with Crippen molar-refractivity contribution in [3.05, 3.63) is 23.9 Å². The van der Waals surface area contributed by atoms with Crippen LogP contribution in [0.1, 0.15) is 45.6 Å². The highest BCUT2D eigenvalue weighted by Crippen LogP contribution is 2.25. The molecule has 0 radical (unpaired) electrons. The minimum absolute atomic E-state index is 0.212. The minimum atomic E-state index is 0.212. The van der Waals surface area contributed by atoms with Crippen molar-refractivity contribution in [1.29, 1.82) is 0 Å². The third-order valence-corrected chi connectivity index (χ3v) is 3.51. The zero-order valence-corrected chi connectivity index (χ0v) is 12.6. The molecule has 0 spiro atoms. The van der Waals surface area contributed by atoms with E-state index in [1.165, 1.54) is 0 Å². The van der Waals surface area contributed by atoms with E-state index < -0.39 is 0 Å². The van der Waals surface area contributed by atoms with Crippen LogP contribution in [0.5, 0.6) is 5.88 Å². The molecule has 0 amide bonds. The summed E-state index contributed by atoms with van der Waals surface area (Å²) in [5.41, 5.74) is 1.08. The molecule has 0 atom stereocenters. The van der Waals surface area contributed by atoms with Gasteiger partial charge in [-0.2, -0.15) is 0 Å². The maximum Gasteiger partial charge on any atom is 0.213 e.